The van der Waals surface area contributed by atoms with Crippen LogP contribution in [0, 0.1) is 17.3 Å². The van der Waals surface area contributed by atoms with Gasteiger partial charge in [0, 0.05) is 19.0 Å². The van der Waals surface area contributed by atoms with Crippen molar-refractivity contribution in [3.63, 3.8) is 0 Å². The minimum atomic E-state index is -2.49. The fourth-order valence-corrected chi connectivity index (χ4v) is 14.0. The van der Waals surface area contributed by atoms with Gasteiger partial charge in [-0.15, -0.1) is 0 Å². The second-order valence-electron chi connectivity index (χ2n) is 17.9. The molecule has 0 radical (unpaired) electrons. The fraction of sp³-hybridized carbons (Fsp3) is 0.587. The first-order valence-electron chi connectivity index (χ1n) is 21.2. The van der Waals surface area contributed by atoms with E-state index < -0.39 is 38.2 Å². The Kier molecular flexibility index (Phi) is 16.6. The van der Waals surface area contributed by atoms with Crippen LogP contribution in [0.5, 0.6) is 11.5 Å². The Morgan fingerprint density at radius 1 is 0.917 bits per heavy atom. The van der Waals surface area contributed by atoms with E-state index in [1.807, 2.05) is 13.8 Å². The number of Topliss-reactive ketones (excluding diaryl/α,β-unsaturated/α-hetero) is 1. The summed E-state index contributed by atoms with van der Waals surface area (Å²) in [5.74, 6) is -1.41. The summed E-state index contributed by atoms with van der Waals surface area (Å²) in [5, 5.41) is 15.8. The summed E-state index contributed by atoms with van der Waals surface area (Å²) in [6.45, 7) is 22.2. The van der Waals surface area contributed by atoms with E-state index in [1.165, 1.54) is 13.2 Å². The van der Waals surface area contributed by atoms with Crippen LogP contribution in [0.2, 0.25) is 16.6 Å². The van der Waals surface area contributed by atoms with Crippen molar-refractivity contribution >= 4 is 43.7 Å². The van der Waals surface area contributed by atoms with Crippen molar-refractivity contribution in [3.05, 3.63) is 65.7 Å². The van der Waals surface area contributed by atoms with E-state index in [4.69, 9.17) is 18.6 Å². The highest BCUT2D eigenvalue weighted by atomic mass is 28.4. The van der Waals surface area contributed by atoms with Gasteiger partial charge in [-0.3, -0.25) is 24.5 Å². The van der Waals surface area contributed by atoms with Crippen molar-refractivity contribution in [2.45, 2.75) is 130 Å². The molecule has 3 N–H and O–H groups in total. The summed E-state index contributed by atoms with van der Waals surface area (Å²) in [4.78, 5) is 67.8. The van der Waals surface area contributed by atoms with Crippen molar-refractivity contribution in [1.82, 2.24) is 10.2 Å². The number of benzene rings is 2. The monoisotopic (exact) mass is 849 g/mol. The van der Waals surface area contributed by atoms with Gasteiger partial charge in [0.05, 0.1) is 49.4 Å². The van der Waals surface area contributed by atoms with Gasteiger partial charge in [0.2, 0.25) is 5.91 Å². The van der Waals surface area contributed by atoms with Crippen LogP contribution in [0.15, 0.2) is 49.1 Å². The van der Waals surface area contributed by atoms with Crippen molar-refractivity contribution in [3.8, 4) is 11.5 Å². The largest absolute Gasteiger partial charge is 0.540 e. The Balaban J connectivity index is 1.47. The number of methoxy groups -OCH3 is 1. The van der Waals surface area contributed by atoms with Gasteiger partial charge in [-0.2, -0.15) is 0 Å². The van der Waals surface area contributed by atoms with Gasteiger partial charge in [0.25, 0.3) is 14.2 Å². The molecule has 2 aromatic carbocycles. The number of carbonyl (C=O) groups is 5. The predicted octanol–water partition coefficient (Wildman–Crippen LogP) is 7.99. The molecule has 2 aliphatic rings. The molecule has 0 aromatic heterocycles. The molecule has 0 unspecified atom stereocenters. The van der Waals surface area contributed by atoms with Gasteiger partial charge in [-0.25, -0.2) is 4.79 Å². The Hall–Kier alpha value is -4.69. The van der Waals surface area contributed by atoms with Crippen molar-refractivity contribution < 1.29 is 47.7 Å². The normalized spacial score (nSPS) is 16.8. The Bertz CT molecular complexity index is 1830. The van der Waals surface area contributed by atoms with Crippen LogP contribution < -0.4 is 19.8 Å². The van der Waals surface area contributed by atoms with Gasteiger partial charge in [0.15, 0.2) is 11.5 Å². The zero-order valence-corrected chi connectivity index (χ0v) is 38.2. The Morgan fingerprint density at radius 2 is 1.53 bits per heavy atom. The number of aliphatic hydroxyl groups excluding tert-OH is 1. The minimum Gasteiger partial charge on any atom is -0.540 e. The summed E-state index contributed by atoms with van der Waals surface area (Å²) in [7, 11) is -0.962. The first-order chi connectivity index (χ1) is 28.3. The molecular formula is C46H67N3O10Si. The summed E-state index contributed by atoms with van der Waals surface area (Å²) in [6.07, 6.45) is 3.39. The maximum absolute atomic E-state index is 14.3. The van der Waals surface area contributed by atoms with Gasteiger partial charge >= 0.3 is 12.1 Å². The third-order valence-electron chi connectivity index (χ3n) is 12.3. The molecule has 1 saturated carbocycles. The van der Waals surface area contributed by atoms with Crippen LogP contribution in [-0.2, 0) is 36.9 Å². The number of carbonyl (C=O) groups excluding carboxylic acids is 5. The molecule has 1 saturated heterocycles. The van der Waals surface area contributed by atoms with E-state index in [1.54, 1.807) is 48.2 Å². The molecule has 4 rings (SSSR count). The van der Waals surface area contributed by atoms with Gasteiger partial charge in [-0.1, -0.05) is 92.3 Å². The molecule has 330 valence electrons. The van der Waals surface area contributed by atoms with Gasteiger partial charge < -0.3 is 34.0 Å². The predicted molar refractivity (Wildman–Crippen MR) is 234 cm³/mol. The van der Waals surface area contributed by atoms with E-state index in [2.05, 4.69) is 58.8 Å². The minimum absolute atomic E-state index is 0.0393. The molecule has 2 fully saturated rings. The summed E-state index contributed by atoms with van der Waals surface area (Å²) in [6, 6.07) is 9.19. The SMILES string of the molecule is C=CCOC(=O)C[C@H](C(=O)N[C@@H](C)C(=O)Cc1ccc(COC(=O)Nc2cc(O[Si](C(C)C)(C(C)C)C(C)C)c(OC)cc2C(=O)N2CC3(CC3)C[C@H]2CO)cc1)C(C)C. The van der Waals surface area contributed by atoms with Crippen LogP contribution in [-0.4, -0.2) is 86.9 Å². The molecule has 1 aliphatic heterocycles. The highest BCUT2D eigenvalue weighted by molar-refractivity contribution is 6.78. The summed E-state index contributed by atoms with van der Waals surface area (Å²) in [5.41, 5.74) is 2.58. The van der Waals surface area contributed by atoms with Crippen LogP contribution in [0.4, 0.5) is 10.5 Å². The van der Waals surface area contributed by atoms with E-state index in [0.717, 1.165) is 19.3 Å². The number of amides is 3. The van der Waals surface area contributed by atoms with E-state index in [0.29, 0.717) is 29.2 Å². The molecule has 13 nitrogen and oxygen atoms in total. The van der Waals surface area contributed by atoms with Crippen molar-refractivity contribution in [2.75, 3.05) is 32.2 Å². The lowest BCUT2D eigenvalue weighted by Gasteiger charge is -2.42. The number of ether oxygens (including phenoxy) is 3. The lowest BCUT2D eigenvalue weighted by Crippen LogP contribution is -2.50. The first-order valence-corrected chi connectivity index (χ1v) is 23.4. The van der Waals surface area contributed by atoms with Crippen LogP contribution in [0.25, 0.3) is 0 Å². The van der Waals surface area contributed by atoms with Gasteiger partial charge in [0.1, 0.15) is 19.0 Å². The second kappa shape index (κ2) is 20.7. The third kappa shape index (κ3) is 11.6. The molecule has 0 bridgehead atoms. The lowest BCUT2D eigenvalue weighted by atomic mass is 9.91. The molecule has 60 heavy (non-hydrogen) atoms. The molecule has 14 heteroatoms. The first kappa shape index (κ1) is 48.0. The number of ketones is 1. The lowest BCUT2D eigenvalue weighted by molar-refractivity contribution is -0.146. The fourth-order valence-electron chi connectivity index (χ4n) is 8.71. The average Bonchev–Trinajstić information content (AvgIpc) is 3.86. The third-order valence-corrected chi connectivity index (χ3v) is 18.3. The number of hydrogen-bond donors (Lipinski definition) is 3. The number of nitrogens with zero attached hydrogens (tertiary/aromatic N) is 1. The zero-order valence-electron chi connectivity index (χ0n) is 37.2. The smallest absolute Gasteiger partial charge is 0.411 e. The molecule has 1 spiro atoms. The highest BCUT2D eigenvalue weighted by Gasteiger charge is 2.53. The number of hydrogen-bond acceptors (Lipinski definition) is 10. The van der Waals surface area contributed by atoms with E-state index >= 15 is 0 Å². The Morgan fingerprint density at radius 3 is 2.07 bits per heavy atom. The molecular weight excluding hydrogens is 783 g/mol. The molecule has 2 aromatic rings. The van der Waals surface area contributed by atoms with Crippen molar-refractivity contribution in [2.24, 2.45) is 17.3 Å². The average molecular weight is 850 g/mol. The number of likely N-dealkylation sites (tertiary alicyclic amines) is 1. The molecule has 1 heterocycles. The second-order valence-corrected chi connectivity index (χ2v) is 23.2. The van der Waals surface area contributed by atoms with Crippen molar-refractivity contribution in [1.29, 1.82) is 0 Å². The van der Waals surface area contributed by atoms with Crippen LogP contribution in [0.1, 0.15) is 109 Å². The number of nitrogens with one attached hydrogen (secondary N) is 2. The molecule has 1 aliphatic carbocycles. The number of rotatable bonds is 21. The maximum atomic E-state index is 14.3. The van der Waals surface area contributed by atoms with E-state index in [9.17, 15) is 29.1 Å². The number of esters is 1. The van der Waals surface area contributed by atoms with E-state index in [-0.39, 0.29) is 89.6 Å². The number of aliphatic hydroxyl groups is 1. The standard InChI is InChI=1S/C46H67N3O10Si/c1-12-19-57-42(52)22-36(28(2)3)43(53)47-32(10)39(51)20-33-13-15-34(16-14-33)26-58-45(55)48-38-23-41(59-60(29(4)5,30(6)7)31(8)9)40(56-11)21-37(38)44(54)49-27-46(17-18-46)24-35(49)25-50/h12-16,21,23,28-32,35-36,50H,1,17-20,22,24-27H2,2-11H3,(H,47,53)(H,48,55)/t32-,35-,36-/m0/s1. The summed E-state index contributed by atoms with van der Waals surface area (Å²) < 4.78 is 23.6. The number of anilines is 1. The molecule has 3 atom stereocenters. The Labute approximate surface area is 357 Å². The van der Waals surface area contributed by atoms with Crippen LogP contribution in [0.3, 0.4) is 0 Å². The summed E-state index contributed by atoms with van der Waals surface area (Å²) >= 11 is 0. The zero-order chi connectivity index (χ0) is 44.5. The topological polar surface area (TPSA) is 170 Å². The van der Waals surface area contributed by atoms with Crippen LogP contribution >= 0.6 is 0 Å². The quantitative estimate of drug-likeness (QED) is 0.0636. The maximum Gasteiger partial charge on any atom is 0.411 e. The molecule has 3 amide bonds. The van der Waals surface area contributed by atoms with Gasteiger partial charge in [-0.05, 0) is 71.3 Å². The highest BCUT2D eigenvalue weighted by Crippen LogP contribution is 2.55.